The zero-order chi connectivity index (χ0) is 16.8. The Hall–Kier alpha value is -2.76. The largest absolute Gasteiger partial charge is 0.364 e. The minimum atomic E-state index is 0.692. The number of nitrogens with zero attached hydrogens (tertiary/aromatic N) is 4. The van der Waals surface area contributed by atoms with E-state index in [9.17, 15) is 0 Å². The minimum Gasteiger partial charge on any atom is -0.364 e. The van der Waals surface area contributed by atoms with Crippen LogP contribution < -0.4 is 15.5 Å². The van der Waals surface area contributed by atoms with E-state index >= 15 is 0 Å². The SMILES string of the molecule is CN=C(NCc1ccc(N2CC=CC2)cc1)NCc1ccnn1C. The molecule has 0 bridgehead atoms. The molecule has 6 nitrogen and oxygen atoms in total. The standard InChI is InChI=1S/C18H24N6/c1-19-18(21-14-17-9-10-22-23(17)2)20-13-15-5-7-16(8-6-15)24-11-3-4-12-24/h3-10H,11-14H2,1-2H3,(H2,19,20,21). The van der Waals surface area contributed by atoms with E-state index in [0.29, 0.717) is 6.54 Å². The van der Waals surface area contributed by atoms with Crippen LogP contribution in [0.4, 0.5) is 5.69 Å². The Morgan fingerprint density at radius 1 is 1.08 bits per heavy atom. The highest BCUT2D eigenvalue weighted by Crippen LogP contribution is 2.17. The van der Waals surface area contributed by atoms with Crippen molar-refractivity contribution in [3.05, 3.63) is 59.9 Å². The summed E-state index contributed by atoms with van der Waals surface area (Å²) in [4.78, 5) is 6.60. The van der Waals surface area contributed by atoms with Crippen molar-refractivity contribution in [2.24, 2.45) is 12.0 Å². The van der Waals surface area contributed by atoms with Crippen LogP contribution in [0.25, 0.3) is 0 Å². The predicted octanol–water partition coefficient (Wildman–Crippen LogP) is 1.66. The quantitative estimate of drug-likeness (QED) is 0.499. The molecule has 0 fully saturated rings. The lowest BCUT2D eigenvalue weighted by Crippen LogP contribution is -2.36. The fourth-order valence-electron chi connectivity index (χ4n) is 2.67. The number of hydrogen-bond acceptors (Lipinski definition) is 3. The Kier molecular flexibility index (Phi) is 5.15. The molecule has 1 aromatic carbocycles. The van der Waals surface area contributed by atoms with Gasteiger partial charge in [0.05, 0.1) is 12.2 Å². The van der Waals surface area contributed by atoms with Gasteiger partial charge < -0.3 is 15.5 Å². The summed E-state index contributed by atoms with van der Waals surface area (Å²) in [5, 5.41) is 10.8. The number of rotatable bonds is 5. The van der Waals surface area contributed by atoms with Gasteiger partial charge in [-0.3, -0.25) is 9.67 Å². The second-order valence-corrected chi connectivity index (χ2v) is 5.77. The van der Waals surface area contributed by atoms with Crippen LogP contribution >= 0.6 is 0 Å². The molecule has 1 aliphatic heterocycles. The van der Waals surface area contributed by atoms with Gasteiger partial charge in [0.1, 0.15) is 0 Å². The predicted molar refractivity (Wildman–Crippen MR) is 98.0 cm³/mol. The maximum absolute atomic E-state index is 4.26. The van der Waals surface area contributed by atoms with Crippen LogP contribution in [0.5, 0.6) is 0 Å². The molecule has 126 valence electrons. The summed E-state index contributed by atoms with van der Waals surface area (Å²) in [6, 6.07) is 10.7. The maximum Gasteiger partial charge on any atom is 0.191 e. The third-order valence-electron chi connectivity index (χ3n) is 4.16. The first-order chi connectivity index (χ1) is 11.8. The molecule has 0 saturated heterocycles. The third kappa shape index (κ3) is 3.95. The van der Waals surface area contributed by atoms with Crippen molar-refractivity contribution < 1.29 is 0 Å². The summed E-state index contributed by atoms with van der Waals surface area (Å²) >= 11 is 0. The summed E-state index contributed by atoms with van der Waals surface area (Å²) in [6.07, 6.45) is 6.20. The van der Waals surface area contributed by atoms with E-state index in [1.54, 1.807) is 13.2 Å². The van der Waals surface area contributed by atoms with E-state index in [4.69, 9.17) is 0 Å². The number of aryl methyl sites for hydroxylation is 1. The number of guanidine groups is 1. The van der Waals surface area contributed by atoms with Gasteiger partial charge in [0, 0.05) is 45.6 Å². The van der Waals surface area contributed by atoms with Crippen LogP contribution in [0.2, 0.25) is 0 Å². The summed E-state index contributed by atoms with van der Waals surface area (Å²) < 4.78 is 1.85. The van der Waals surface area contributed by atoms with E-state index in [2.05, 4.69) is 62.0 Å². The molecule has 2 N–H and O–H groups in total. The first-order valence-electron chi connectivity index (χ1n) is 8.16. The number of hydrogen-bond donors (Lipinski definition) is 2. The lowest BCUT2D eigenvalue weighted by atomic mass is 10.2. The molecule has 0 saturated carbocycles. The maximum atomic E-state index is 4.26. The molecule has 6 heteroatoms. The normalized spacial score (nSPS) is 14.2. The van der Waals surface area contributed by atoms with E-state index < -0.39 is 0 Å². The van der Waals surface area contributed by atoms with Crippen LogP contribution in [0.3, 0.4) is 0 Å². The molecule has 0 radical (unpaired) electrons. The number of nitrogens with one attached hydrogen (secondary N) is 2. The zero-order valence-electron chi connectivity index (χ0n) is 14.2. The average molecular weight is 324 g/mol. The fraction of sp³-hybridized carbons (Fsp3) is 0.333. The van der Waals surface area contributed by atoms with Gasteiger partial charge in [0.2, 0.25) is 0 Å². The Bertz CT molecular complexity index is 705. The van der Waals surface area contributed by atoms with Gasteiger partial charge in [-0.2, -0.15) is 5.10 Å². The fourth-order valence-corrected chi connectivity index (χ4v) is 2.67. The second kappa shape index (κ2) is 7.68. The van der Waals surface area contributed by atoms with Crippen molar-refractivity contribution >= 4 is 11.6 Å². The highest BCUT2D eigenvalue weighted by molar-refractivity contribution is 5.79. The van der Waals surface area contributed by atoms with Crippen LogP contribution in [0, 0.1) is 0 Å². The van der Waals surface area contributed by atoms with Crippen molar-refractivity contribution in [2.75, 3.05) is 25.0 Å². The second-order valence-electron chi connectivity index (χ2n) is 5.77. The summed E-state index contributed by atoms with van der Waals surface area (Å²) in [6.45, 7) is 3.44. The smallest absolute Gasteiger partial charge is 0.191 e. The van der Waals surface area contributed by atoms with Gasteiger partial charge in [-0.05, 0) is 23.8 Å². The first kappa shape index (κ1) is 16.1. The van der Waals surface area contributed by atoms with E-state index in [-0.39, 0.29) is 0 Å². The number of aliphatic imine (C=N–C) groups is 1. The Morgan fingerprint density at radius 2 is 1.79 bits per heavy atom. The zero-order valence-corrected chi connectivity index (χ0v) is 14.2. The van der Waals surface area contributed by atoms with Crippen LogP contribution in [0.1, 0.15) is 11.3 Å². The Labute approximate surface area is 142 Å². The topological polar surface area (TPSA) is 57.5 Å². The summed E-state index contributed by atoms with van der Waals surface area (Å²) in [5.74, 6) is 0.781. The molecule has 2 aromatic rings. The minimum absolute atomic E-state index is 0.692. The number of aromatic nitrogens is 2. The summed E-state index contributed by atoms with van der Waals surface area (Å²) in [5.41, 5.74) is 3.61. The Morgan fingerprint density at radius 3 is 2.42 bits per heavy atom. The monoisotopic (exact) mass is 324 g/mol. The van der Waals surface area contributed by atoms with Crippen LogP contribution in [-0.2, 0) is 20.1 Å². The van der Waals surface area contributed by atoms with Crippen LogP contribution in [-0.4, -0.2) is 35.9 Å². The molecule has 24 heavy (non-hydrogen) atoms. The average Bonchev–Trinajstić information content (AvgIpc) is 3.28. The molecule has 3 rings (SSSR count). The van der Waals surface area contributed by atoms with Crippen LogP contribution in [0.15, 0.2) is 53.7 Å². The molecule has 1 aromatic heterocycles. The Balaban J connectivity index is 1.49. The van der Waals surface area contributed by atoms with Crippen molar-refractivity contribution in [1.29, 1.82) is 0 Å². The highest BCUT2D eigenvalue weighted by atomic mass is 15.3. The summed E-state index contributed by atoms with van der Waals surface area (Å²) in [7, 11) is 3.71. The molecule has 1 aliphatic rings. The molecule has 2 heterocycles. The van der Waals surface area contributed by atoms with E-state index in [1.165, 1.54) is 11.3 Å². The van der Waals surface area contributed by atoms with Gasteiger partial charge in [-0.15, -0.1) is 0 Å². The molecule has 0 aliphatic carbocycles. The van der Waals surface area contributed by atoms with E-state index in [1.807, 2.05) is 17.8 Å². The number of benzene rings is 1. The van der Waals surface area contributed by atoms with Crippen molar-refractivity contribution in [2.45, 2.75) is 13.1 Å². The third-order valence-corrected chi connectivity index (χ3v) is 4.16. The van der Waals surface area contributed by atoms with Gasteiger partial charge in [-0.1, -0.05) is 24.3 Å². The lowest BCUT2D eigenvalue weighted by Gasteiger charge is -2.18. The lowest BCUT2D eigenvalue weighted by molar-refractivity contribution is 0.684. The molecular weight excluding hydrogens is 300 g/mol. The molecule has 0 unspecified atom stereocenters. The van der Waals surface area contributed by atoms with E-state index in [0.717, 1.165) is 31.3 Å². The van der Waals surface area contributed by atoms with Gasteiger partial charge in [0.25, 0.3) is 0 Å². The highest BCUT2D eigenvalue weighted by Gasteiger charge is 2.07. The molecule has 0 amide bonds. The molecular formula is C18H24N6. The molecule has 0 atom stereocenters. The molecule has 0 spiro atoms. The van der Waals surface area contributed by atoms with Gasteiger partial charge >= 0.3 is 0 Å². The van der Waals surface area contributed by atoms with Gasteiger partial charge in [-0.25, -0.2) is 0 Å². The van der Waals surface area contributed by atoms with Crippen molar-refractivity contribution in [3.8, 4) is 0 Å². The number of anilines is 1. The van der Waals surface area contributed by atoms with Gasteiger partial charge in [0.15, 0.2) is 5.96 Å². The van der Waals surface area contributed by atoms with Crippen molar-refractivity contribution in [3.63, 3.8) is 0 Å². The first-order valence-corrected chi connectivity index (χ1v) is 8.16. The van der Waals surface area contributed by atoms with Crippen molar-refractivity contribution in [1.82, 2.24) is 20.4 Å².